The molecule has 0 aliphatic carbocycles. The molecule has 17 heavy (non-hydrogen) atoms. The van der Waals surface area contributed by atoms with Gasteiger partial charge in [0, 0.05) is 5.41 Å². The quantitative estimate of drug-likeness (QED) is 0.837. The number of H-pyrrole nitrogens is 1. The molecule has 2 N–H and O–H groups in total. The van der Waals surface area contributed by atoms with Gasteiger partial charge in [0.15, 0.2) is 0 Å². The van der Waals surface area contributed by atoms with Crippen molar-refractivity contribution < 1.29 is 4.79 Å². The minimum absolute atomic E-state index is 0.221. The van der Waals surface area contributed by atoms with Crippen molar-refractivity contribution in [1.82, 2.24) is 24.8 Å². The summed E-state index contributed by atoms with van der Waals surface area (Å²) >= 11 is 1.07. The highest BCUT2D eigenvalue weighted by Gasteiger charge is 2.26. The summed E-state index contributed by atoms with van der Waals surface area (Å²) in [7, 11) is 0. The molecule has 2 aromatic rings. The topological polar surface area (TPSA) is 96.5 Å². The summed E-state index contributed by atoms with van der Waals surface area (Å²) in [6.45, 7) is 5.94. The minimum atomic E-state index is -0.276. The van der Waals surface area contributed by atoms with E-state index >= 15 is 0 Å². The molecular formula is C9H12N6OS. The van der Waals surface area contributed by atoms with E-state index in [1.165, 1.54) is 6.33 Å². The zero-order valence-electron chi connectivity index (χ0n) is 9.68. The first-order valence-corrected chi connectivity index (χ1v) is 5.75. The minimum Gasteiger partial charge on any atom is -0.290 e. The summed E-state index contributed by atoms with van der Waals surface area (Å²) in [5.41, 5.74) is 0.459. The Balaban J connectivity index is 2.23. The number of rotatable bonds is 2. The summed E-state index contributed by atoms with van der Waals surface area (Å²) in [6.07, 6.45) is 1.32. The van der Waals surface area contributed by atoms with Gasteiger partial charge in [-0.05, 0) is 11.5 Å². The lowest BCUT2D eigenvalue weighted by Crippen LogP contribution is -2.20. The van der Waals surface area contributed by atoms with Crippen molar-refractivity contribution >= 4 is 23.4 Å². The van der Waals surface area contributed by atoms with E-state index < -0.39 is 0 Å². The van der Waals surface area contributed by atoms with Crippen molar-refractivity contribution in [1.29, 1.82) is 0 Å². The number of carbonyl (C=O) groups excluding carboxylic acids is 1. The van der Waals surface area contributed by atoms with E-state index in [0.29, 0.717) is 16.5 Å². The van der Waals surface area contributed by atoms with Crippen molar-refractivity contribution in [2.75, 3.05) is 5.32 Å². The number of hydrogen-bond donors (Lipinski definition) is 2. The molecular weight excluding hydrogens is 240 g/mol. The standard InChI is InChI=1S/C9H12N6OS/c1-9(2,3)6-5(17-15-13-6)7(16)12-8-10-4-11-14-8/h4H,1-3H3,(H2,10,11,12,14,16). The molecule has 1 amide bonds. The van der Waals surface area contributed by atoms with Crippen molar-refractivity contribution in [3.05, 3.63) is 16.9 Å². The Labute approximate surface area is 102 Å². The normalized spacial score (nSPS) is 11.5. The monoisotopic (exact) mass is 252 g/mol. The number of anilines is 1. The predicted molar refractivity (Wildman–Crippen MR) is 62.9 cm³/mol. The second kappa shape index (κ2) is 4.21. The van der Waals surface area contributed by atoms with Gasteiger partial charge in [0.25, 0.3) is 5.91 Å². The number of amides is 1. The van der Waals surface area contributed by atoms with Crippen molar-refractivity contribution in [3.63, 3.8) is 0 Å². The zero-order valence-corrected chi connectivity index (χ0v) is 10.5. The van der Waals surface area contributed by atoms with Crippen LogP contribution in [0.5, 0.6) is 0 Å². The maximum absolute atomic E-state index is 12.0. The molecule has 0 radical (unpaired) electrons. The van der Waals surface area contributed by atoms with Crippen LogP contribution in [0.15, 0.2) is 6.33 Å². The van der Waals surface area contributed by atoms with Crippen LogP contribution < -0.4 is 5.32 Å². The maximum Gasteiger partial charge on any atom is 0.271 e. The molecule has 2 aromatic heterocycles. The molecule has 0 spiro atoms. The number of nitrogens with one attached hydrogen (secondary N) is 2. The molecule has 0 atom stereocenters. The Kier molecular flexibility index (Phi) is 2.88. The Morgan fingerprint density at radius 3 is 2.82 bits per heavy atom. The molecule has 0 unspecified atom stereocenters. The molecule has 0 bridgehead atoms. The second-order valence-electron chi connectivity index (χ2n) is 4.49. The summed E-state index contributed by atoms with van der Waals surface area (Å²) in [5, 5.41) is 12.8. The lowest BCUT2D eigenvalue weighted by molar-refractivity contribution is 0.102. The van der Waals surface area contributed by atoms with Gasteiger partial charge in [-0.1, -0.05) is 25.3 Å². The summed E-state index contributed by atoms with van der Waals surface area (Å²) in [6, 6.07) is 0. The third-order valence-corrected chi connectivity index (χ3v) is 2.78. The number of aromatic nitrogens is 5. The smallest absolute Gasteiger partial charge is 0.271 e. The third kappa shape index (κ3) is 2.47. The molecule has 2 rings (SSSR count). The maximum atomic E-state index is 12.0. The van der Waals surface area contributed by atoms with Crippen LogP contribution >= 0.6 is 11.5 Å². The molecule has 0 saturated heterocycles. The van der Waals surface area contributed by atoms with Crippen LogP contribution in [0.1, 0.15) is 36.1 Å². The van der Waals surface area contributed by atoms with Crippen molar-refractivity contribution in [2.45, 2.75) is 26.2 Å². The molecule has 7 nitrogen and oxygen atoms in total. The fourth-order valence-corrected chi connectivity index (χ4v) is 2.03. The van der Waals surface area contributed by atoms with E-state index in [1.807, 2.05) is 20.8 Å². The molecule has 2 heterocycles. The first-order valence-electron chi connectivity index (χ1n) is 4.98. The van der Waals surface area contributed by atoms with Crippen LogP contribution in [-0.2, 0) is 5.41 Å². The van der Waals surface area contributed by atoms with E-state index in [9.17, 15) is 4.79 Å². The summed E-state index contributed by atoms with van der Waals surface area (Å²) in [5.74, 6) is 0.0323. The Morgan fingerprint density at radius 1 is 1.47 bits per heavy atom. The van der Waals surface area contributed by atoms with Gasteiger partial charge in [0.2, 0.25) is 5.95 Å². The van der Waals surface area contributed by atoms with Crippen molar-refractivity contribution in [2.24, 2.45) is 0 Å². The molecule has 0 aliphatic heterocycles. The van der Waals surface area contributed by atoms with Gasteiger partial charge in [0.1, 0.15) is 11.2 Å². The van der Waals surface area contributed by atoms with Gasteiger partial charge in [-0.3, -0.25) is 10.1 Å². The SMILES string of the molecule is CC(C)(C)c1nnsc1C(=O)Nc1ncn[nH]1. The van der Waals surface area contributed by atoms with Crippen LogP contribution in [-0.4, -0.2) is 30.7 Å². The van der Waals surface area contributed by atoms with Gasteiger partial charge in [0.05, 0.1) is 5.69 Å². The Hall–Kier alpha value is -1.83. The highest BCUT2D eigenvalue weighted by Crippen LogP contribution is 2.26. The van der Waals surface area contributed by atoms with E-state index in [-0.39, 0.29) is 11.3 Å². The van der Waals surface area contributed by atoms with E-state index in [1.54, 1.807) is 0 Å². The Bertz CT molecular complexity index is 512. The zero-order chi connectivity index (χ0) is 12.5. The fraction of sp³-hybridized carbons (Fsp3) is 0.444. The van der Waals surface area contributed by atoms with Crippen LogP contribution in [0.3, 0.4) is 0 Å². The molecule has 0 saturated carbocycles. The first-order chi connectivity index (χ1) is 7.98. The summed E-state index contributed by atoms with van der Waals surface area (Å²) < 4.78 is 3.82. The van der Waals surface area contributed by atoms with Crippen LogP contribution in [0.2, 0.25) is 0 Å². The largest absolute Gasteiger partial charge is 0.290 e. The van der Waals surface area contributed by atoms with Gasteiger partial charge in [-0.2, -0.15) is 10.1 Å². The number of nitrogens with zero attached hydrogens (tertiary/aromatic N) is 4. The number of carbonyl (C=O) groups is 1. The molecule has 0 aliphatic rings. The fourth-order valence-electron chi connectivity index (χ4n) is 1.26. The molecule has 90 valence electrons. The van der Waals surface area contributed by atoms with Gasteiger partial charge < -0.3 is 0 Å². The molecule has 8 heteroatoms. The van der Waals surface area contributed by atoms with Crippen LogP contribution in [0.25, 0.3) is 0 Å². The van der Waals surface area contributed by atoms with E-state index in [2.05, 4.69) is 30.1 Å². The lowest BCUT2D eigenvalue weighted by Gasteiger charge is -2.15. The summed E-state index contributed by atoms with van der Waals surface area (Å²) in [4.78, 5) is 16.3. The average Bonchev–Trinajstić information content (AvgIpc) is 2.85. The lowest BCUT2D eigenvalue weighted by atomic mass is 9.91. The number of hydrogen-bond acceptors (Lipinski definition) is 6. The van der Waals surface area contributed by atoms with Crippen molar-refractivity contribution in [3.8, 4) is 0 Å². The van der Waals surface area contributed by atoms with Crippen LogP contribution in [0, 0.1) is 0 Å². The second-order valence-corrected chi connectivity index (χ2v) is 5.24. The highest BCUT2D eigenvalue weighted by molar-refractivity contribution is 7.08. The highest BCUT2D eigenvalue weighted by atomic mass is 32.1. The molecule has 0 aromatic carbocycles. The third-order valence-electron chi connectivity index (χ3n) is 2.05. The van der Waals surface area contributed by atoms with Gasteiger partial charge in [-0.25, -0.2) is 5.10 Å². The first kappa shape index (κ1) is 11.6. The number of aromatic amines is 1. The Morgan fingerprint density at radius 2 is 2.24 bits per heavy atom. The van der Waals surface area contributed by atoms with Gasteiger partial charge in [-0.15, -0.1) is 5.10 Å². The predicted octanol–water partition coefficient (Wildman–Crippen LogP) is 1.21. The van der Waals surface area contributed by atoms with E-state index in [0.717, 1.165) is 11.5 Å². The van der Waals surface area contributed by atoms with Crippen LogP contribution in [0.4, 0.5) is 5.95 Å². The molecule has 0 fully saturated rings. The van der Waals surface area contributed by atoms with E-state index in [4.69, 9.17) is 0 Å². The van der Waals surface area contributed by atoms with Gasteiger partial charge >= 0.3 is 0 Å². The average molecular weight is 252 g/mol.